The molecule has 34 heavy (non-hydrogen) atoms. The van der Waals surface area contributed by atoms with Crippen molar-refractivity contribution >= 4 is 34.2 Å². The Balaban J connectivity index is 1.72. The molecule has 0 aliphatic heterocycles. The lowest BCUT2D eigenvalue weighted by Crippen LogP contribution is -2.13. The summed E-state index contributed by atoms with van der Waals surface area (Å²) >= 11 is 0.945. The van der Waals surface area contributed by atoms with Crippen LogP contribution in [0.1, 0.15) is 74.2 Å². The summed E-state index contributed by atoms with van der Waals surface area (Å²) in [4.78, 5) is 37.5. The van der Waals surface area contributed by atoms with Crippen LogP contribution in [0, 0.1) is 6.92 Å². The summed E-state index contributed by atoms with van der Waals surface area (Å²) in [6.07, 6.45) is 0. The molecule has 2 heterocycles. The molecule has 0 bridgehead atoms. The van der Waals surface area contributed by atoms with E-state index in [0.717, 1.165) is 11.3 Å². The maximum atomic E-state index is 12.8. The van der Waals surface area contributed by atoms with Crippen LogP contribution in [0.2, 0.25) is 0 Å². The van der Waals surface area contributed by atoms with E-state index in [9.17, 15) is 14.4 Å². The minimum absolute atomic E-state index is 0.0355. The van der Waals surface area contributed by atoms with Crippen molar-refractivity contribution in [3.05, 3.63) is 69.5 Å². The van der Waals surface area contributed by atoms with Crippen LogP contribution in [0.25, 0.3) is 0 Å². The van der Waals surface area contributed by atoms with E-state index < -0.39 is 17.8 Å². The van der Waals surface area contributed by atoms with Crippen molar-refractivity contribution in [2.75, 3.05) is 19.0 Å². The molecule has 1 aromatic carbocycles. The number of rotatable bonds is 9. The van der Waals surface area contributed by atoms with Gasteiger partial charge in [0.05, 0.1) is 19.3 Å². The van der Waals surface area contributed by atoms with Gasteiger partial charge in [-0.1, -0.05) is 26.0 Å². The number of furan rings is 1. The SMILES string of the molecule is CCOC(=O)c1sc(NC(=O)c2ccc(COc3ccc(C(C)C)cc3)o2)c(C(=O)OC)c1C. The predicted molar refractivity (Wildman–Crippen MR) is 128 cm³/mol. The van der Waals surface area contributed by atoms with Crippen LogP contribution in [-0.4, -0.2) is 31.6 Å². The Morgan fingerprint density at radius 3 is 2.38 bits per heavy atom. The zero-order valence-electron chi connectivity index (χ0n) is 19.7. The van der Waals surface area contributed by atoms with Gasteiger partial charge in [-0.25, -0.2) is 9.59 Å². The van der Waals surface area contributed by atoms with E-state index in [-0.39, 0.29) is 34.4 Å². The Morgan fingerprint density at radius 2 is 1.76 bits per heavy atom. The van der Waals surface area contributed by atoms with Crippen molar-refractivity contribution in [3.8, 4) is 5.75 Å². The zero-order valence-corrected chi connectivity index (χ0v) is 20.5. The first-order valence-electron chi connectivity index (χ1n) is 10.8. The van der Waals surface area contributed by atoms with Crippen molar-refractivity contribution < 1.29 is 33.0 Å². The van der Waals surface area contributed by atoms with Crippen LogP contribution in [0.4, 0.5) is 5.00 Å². The number of nitrogens with one attached hydrogen (secondary N) is 1. The second kappa shape index (κ2) is 11.0. The van der Waals surface area contributed by atoms with Crippen molar-refractivity contribution in [3.63, 3.8) is 0 Å². The van der Waals surface area contributed by atoms with Gasteiger partial charge in [-0.3, -0.25) is 4.79 Å². The summed E-state index contributed by atoms with van der Waals surface area (Å²) in [6, 6.07) is 10.9. The fraction of sp³-hybridized carbons (Fsp3) is 0.320. The average Bonchev–Trinajstić information content (AvgIpc) is 3.42. The summed E-state index contributed by atoms with van der Waals surface area (Å²) < 4.78 is 21.2. The molecule has 180 valence electrons. The van der Waals surface area contributed by atoms with Gasteiger partial charge in [0.25, 0.3) is 5.91 Å². The lowest BCUT2D eigenvalue weighted by atomic mass is 10.0. The third-order valence-corrected chi connectivity index (χ3v) is 6.22. The number of carbonyl (C=O) groups is 3. The van der Waals surface area contributed by atoms with E-state index in [4.69, 9.17) is 18.6 Å². The fourth-order valence-corrected chi connectivity index (χ4v) is 4.27. The van der Waals surface area contributed by atoms with E-state index in [1.165, 1.54) is 18.7 Å². The number of amides is 1. The molecule has 0 saturated carbocycles. The van der Waals surface area contributed by atoms with Crippen LogP contribution in [0.5, 0.6) is 5.75 Å². The van der Waals surface area contributed by atoms with Crippen molar-refractivity contribution in [2.45, 2.75) is 40.2 Å². The topological polar surface area (TPSA) is 104 Å². The highest BCUT2D eigenvalue weighted by Gasteiger charge is 2.27. The molecule has 0 saturated heterocycles. The number of ether oxygens (including phenoxy) is 3. The quantitative estimate of drug-likeness (QED) is 0.395. The van der Waals surface area contributed by atoms with Crippen LogP contribution in [-0.2, 0) is 16.1 Å². The van der Waals surface area contributed by atoms with Gasteiger partial charge in [0.2, 0.25) is 0 Å². The highest BCUT2D eigenvalue weighted by molar-refractivity contribution is 7.18. The number of benzene rings is 1. The van der Waals surface area contributed by atoms with Crippen molar-refractivity contribution in [2.24, 2.45) is 0 Å². The molecule has 3 rings (SSSR count). The van der Waals surface area contributed by atoms with Gasteiger partial charge in [-0.2, -0.15) is 0 Å². The zero-order chi connectivity index (χ0) is 24.8. The first kappa shape index (κ1) is 25.0. The van der Waals surface area contributed by atoms with Crippen molar-refractivity contribution in [1.82, 2.24) is 0 Å². The Hall–Kier alpha value is -3.59. The Bertz CT molecular complexity index is 1170. The molecule has 0 unspecified atom stereocenters. The molecule has 0 atom stereocenters. The summed E-state index contributed by atoms with van der Waals surface area (Å²) in [5.41, 5.74) is 1.69. The minimum Gasteiger partial charge on any atom is -0.486 e. The van der Waals surface area contributed by atoms with Gasteiger partial charge < -0.3 is 23.9 Å². The molecule has 8 nitrogen and oxygen atoms in total. The number of hydrogen-bond acceptors (Lipinski definition) is 8. The molecule has 1 N–H and O–H groups in total. The normalized spacial score (nSPS) is 10.8. The van der Waals surface area contributed by atoms with Gasteiger partial charge >= 0.3 is 11.9 Å². The lowest BCUT2D eigenvalue weighted by Gasteiger charge is -2.08. The van der Waals surface area contributed by atoms with E-state index in [2.05, 4.69) is 19.2 Å². The van der Waals surface area contributed by atoms with Gasteiger partial charge in [0, 0.05) is 0 Å². The first-order valence-corrected chi connectivity index (χ1v) is 11.6. The standard InChI is InChI=1S/C25H27NO7S/c1-6-31-25(29)21-15(4)20(24(28)30-5)23(34-21)26-22(27)19-12-11-18(33-19)13-32-17-9-7-16(8-10-17)14(2)3/h7-12,14H,6,13H2,1-5H3,(H,26,27). The largest absolute Gasteiger partial charge is 0.486 e. The second-order valence-electron chi connectivity index (χ2n) is 7.70. The molecule has 3 aromatic rings. The molecule has 1 amide bonds. The van der Waals surface area contributed by atoms with E-state index in [0.29, 0.717) is 23.0 Å². The molecule has 0 aliphatic rings. The van der Waals surface area contributed by atoms with Gasteiger partial charge in [0.15, 0.2) is 5.76 Å². The highest BCUT2D eigenvalue weighted by Crippen LogP contribution is 2.34. The Kier molecular flexibility index (Phi) is 8.12. The highest BCUT2D eigenvalue weighted by atomic mass is 32.1. The average molecular weight is 486 g/mol. The van der Waals surface area contributed by atoms with Gasteiger partial charge in [-0.05, 0) is 55.2 Å². The predicted octanol–water partition coefficient (Wildman–Crippen LogP) is 5.57. The maximum Gasteiger partial charge on any atom is 0.348 e. The monoisotopic (exact) mass is 485 g/mol. The van der Waals surface area contributed by atoms with E-state index >= 15 is 0 Å². The van der Waals surface area contributed by atoms with E-state index in [1.807, 2.05) is 24.3 Å². The molecule has 0 aliphatic carbocycles. The van der Waals surface area contributed by atoms with Crippen LogP contribution in [0.15, 0.2) is 40.8 Å². The number of thiophene rings is 1. The van der Waals surface area contributed by atoms with Gasteiger partial charge in [0.1, 0.15) is 28.0 Å². The number of anilines is 1. The Labute approximate surface area is 201 Å². The van der Waals surface area contributed by atoms with Gasteiger partial charge in [-0.15, -0.1) is 11.3 Å². The lowest BCUT2D eigenvalue weighted by molar-refractivity contribution is 0.0531. The number of carbonyl (C=O) groups excluding carboxylic acids is 3. The van der Waals surface area contributed by atoms with E-state index in [1.54, 1.807) is 19.9 Å². The first-order chi connectivity index (χ1) is 16.2. The van der Waals surface area contributed by atoms with Crippen LogP contribution in [0.3, 0.4) is 0 Å². The fourth-order valence-electron chi connectivity index (χ4n) is 3.19. The third kappa shape index (κ3) is 5.66. The van der Waals surface area contributed by atoms with Crippen molar-refractivity contribution in [1.29, 1.82) is 0 Å². The number of esters is 2. The smallest absolute Gasteiger partial charge is 0.348 e. The molecule has 0 spiro atoms. The molecule has 0 radical (unpaired) electrons. The second-order valence-corrected chi connectivity index (χ2v) is 8.73. The summed E-state index contributed by atoms with van der Waals surface area (Å²) in [5.74, 6) is -0.204. The van der Waals surface area contributed by atoms with Crippen LogP contribution < -0.4 is 10.1 Å². The number of methoxy groups -OCH3 is 1. The molecule has 2 aromatic heterocycles. The summed E-state index contributed by atoms with van der Waals surface area (Å²) in [7, 11) is 1.23. The number of hydrogen-bond donors (Lipinski definition) is 1. The Morgan fingerprint density at radius 1 is 1.06 bits per heavy atom. The third-order valence-electron chi connectivity index (χ3n) is 5.04. The minimum atomic E-state index is -0.670. The maximum absolute atomic E-state index is 12.8. The summed E-state index contributed by atoms with van der Waals surface area (Å²) in [6.45, 7) is 7.85. The molecule has 9 heteroatoms. The molecular weight excluding hydrogens is 458 g/mol. The summed E-state index contributed by atoms with van der Waals surface area (Å²) in [5, 5.41) is 2.82. The molecular formula is C25H27NO7S. The molecule has 0 fully saturated rings. The van der Waals surface area contributed by atoms with Crippen LogP contribution >= 0.6 is 11.3 Å².